The van der Waals surface area contributed by atoms with Crippen molar-refractivity contribution in [3.8, 4) is 69.3 Å². The van der Waals surface area contributed by atoms with Crippen LogP contribution in [0.3, 0.4) is 0 Å². The number of rotatable bonds is 14. The zero-order valence-corrected chi connectivity index (χ0v) is 40.2. The van der Waals surface area contributed by atoms with Gasteiger partial charge in [-0.15, -0.1) is 0 Å². The fraction of sp³-hybridized carbons (Fsp3) is 0.283. The molecule has 18 nitrogen and oxygen atoms in total. The summed E-state index contributed by atoms with van der Waals surface area (Å²) in [5.74, 6) is 3.00. The van der Waals surface area contributed by atoms with Gasteiger partial charge in [0, 0.05) is 79.5 Å². The second-order valence-corrected chi connectivity index (χ2v) is 19.5. The Labute approximate surface area is 391 Å². The van der Waals surface area contributed by atoms with E-state index in [4.69, 9.17) is 43.3 Å². The molecule has 0 spiro atoms. The Balaban J connectivity index is 0.000000196. The first-order valence-electron chi connectivity index (χ1n) is 20.5. The molecule has 67 heavy (non-hydrogen) atoms. The van der Waals surface area contributed by atoms with Crippen LogP contribution in [0, 0.1) is 22.7 Å². The number of phosphoric acid groups is 1. The van der Waals surface area contributed by atoms with E-state index in [2.05, 4.69) is 41.5 Å². The molecule has 2 aliphatic carbocycles. The Bertz CT molecular complexity index is 2980. The number of Topliss-reactive ketones (excluding diaryl/α,β-unsaturated/α-hetero) is 1. The Hall–Kier alpha value is -6.46. The number of hydrogen-bond acceptors (Lipinski definition) is 18. The van der Waals surface area contributed by atoms with Gasteiger partial charge in [0.2, 0.25) is 11.6 Å². The van der Waals surface area contributed by atoms with Crippen LogP contribution in [0.1, 0.15) is 72.3 Å². The summed E-state index contributed by atoms with van der Waals surface area (Å²) in [7, 11) is 1.28. The summed E-state index contributed by atoms with van der Waals surface area (Å²) in [6, 6.07) is 25.7. The number of ether oxygens (including phenoxy) is 2. The number of allylic oxidation sites excluding steroid dienone is 1. The van der Waals surface area contributed by atoms with Gasteiger partial charge in [0.05, 0.1) is 23.3 Å². The highest BCUT2D eigenvalue weighted by Gasteiger charge is 2.31. The van der Waals surface area contributed by atoms with Gasteiger partial charge in [0.15, 0.2) is 5.78 Å². The first-order chi connectivity index (χ1) is 32.1. The van der Waals surface area contributed by atoms with Crippen molar-refractivity contribution in [2.45, 2.75) is 59.2 Å². The van der Waals surface area contributed by atoms with Gasteiger partial charge >= 0.3 is 14.8 Å². The Morgan fingerprint density at radius 2 is 1.13 bits per heavy atom. The van der Waals surface area contributed by atoms with E-state index in [-0.39, 0.29) is 23.9 Å². The first-order valence-corrected chi connectivity index (χ1v) is 24.4. The molecule has 0 N–H and O–H groups in total. The molecule has 0 unspecified atom stereocenters. The number of ketones is 1. The van der Waals surface area contributed by atoms with Crippen LogP contribution in [0.15, 0.2) is 87.9 Å². The van der Waals surface area contributed by atoms with E-state index in [1.54, 1.807) is 42.5 Å². The van der Waals surface area contributed by atoms with Gasteiger partial charge in [0.1, 0.15) is 29.4 Å². The van der Waals surface area contributed by atoms with Crippen LogP contribution >= 0.6 is 26.0 Å². The van der Waals surface area contributed by atoms with Gasteiger partial charge in [-0.2, -0.15) is 20.5 Å². The lowest BCUT2D eigenvalue weighted by atomic mass is 10.0. The molecule has 2 aliphatic rings. The second-order valence-electron chi connectivity index (χ2n) is 14.9. The van der Waals surface area contributed by atoms with Crippen molar-refractivity contribution in [1.82, 2.24) is 20.3 Å². The van der Waals surface area contributed by atoms with Crippen LogP contribution in [-0.4, -0.2) is 66.7 Å². The summed E-state index contributed by atoms with van der Waals surface area (Å²) in [6.45, 7) is 4.42. The molecule has 348 valence electrons. The van der Waals surface area contributed by atoms with Crippen molar-refractivity contribution in [1.29, 1.82) is 10.5 Å². The van der Waals surface area contributed by atoms with E-state index < -0.39 is 14.8 Å². The molecule has 0 saturated heterocycles. The van der Waals surface area contributed by atoms with Crippen LogP contribution in [0.2, 0.25) is 0 Å². The Morgan fingerprint density at radius 3 is 1.58 bits per heavy atom. The minimum atomic E-state index is -3.68. The SMILES string of the molecule is CC(C)Oc1ccc(-c2nc(-c3cccc4c3CCC4=O)no2)cc1C#N.COP(=O)(Cl)OC.COP(=O)(OC)OC1=CCc2c1cccc2-c1noc(-c2ccc(OC(C)C)c(C#N)c2)n1. The fourth-order valence-electron chi connectivity index (χ4n) is 6.80. The van der Waals surface area contributed by atoms with Gasteiger partial charge in [-0.1, -0.05) is 46.7 Å². The zero-order valence-electron chi connectivity index (χ0n) is 37.6. The summed E-state index contributed by atoms with van der Waals surface area (Å²) >= 11 is 5.02. The fourth-order valence-corrected chi connectivity index (χ4v) is 7.66. The van der Waals surface area contributed by atoms with Crippen LogP contribution < -0.4 is 9.47 Å². The van der Waals surface area contributed by atoms with Gasteiger partial charge in [0.25, 0.3) is 11.8 Å². The summed E-state index contributed by atoms with van der Waals surface area (Å²) < 4.78 is 68.5. The lowest BCUT2D eigenvalue weighted by Crippen LogP contribution is -2.06. The van der Waals surface area contributed by atoms with Gasteiger partial charge < -0.3 is 32.1 Å². The summed E-state index contributed by atoms with van der Waals surface area (Å²) in [5, 5.41) is 27.1. The molecule has 2 aromatic heterocycles. The summed E-state index contributed by atoms with van der Waals surface area (Å²) in [5.41, 5.74) is 6.96. The van der Waals surface area contributed by atoms with Gasteiger partial charge in [-0.3, -0.25) is 13.8 Å². The molecule has 2 heterocycles. The highest BCUT2D eigenvalue weighted by atomic mass is 35.7. The molecule has 8 rings (SSSR count). The molecule has 4 aromatic carbocycles. The van der Waals surface area contributed by atoms with E-state index in [9.17, 15) is 24.4 Å². The van der Waals surface area contributed by atoms with Crippen molar-refractivity contribution in [2.75, 3.05) is 28.4 Å². The predicted molar refractivity (Wildman–Crippen MR) is 246 cm³/mol. The number of carbonyl (C=O) groups excluding carboxylic acids is 1. The standard InChI is InChI=1S/C23H22N3O6P.C21H17N3O3.C2H6ClO3P/c1-14(2)30-20-10-8-15(12-16(20)13-24)23-25-22(26-31-23)19-7-5-6-18-17(19)9-11-21(18)32-33(27,28-3)29-4;1-12(2)26-19-9-6-13(10-14(19)11-22)21-23-20(24-27-21)17-5-3-4-16-15(17)7-8-18(16)25;1-5-7(3,4)6-2/h5-8,10-12,14H,9H2,1-4H3;3-6,9-10,12H,7-8H2,1-2H3;1-2H3. The van der Waals surface area contributed by atoms with Gasteiger partial charge in [-0.05, 0) is 94.1 Å². The van der Waals surface area contributed by atoms with Crippen LogP contribution in [0.4, 0.5) is 0 Å². The van der Waals surface area contributed by atoms with Crippen molar-refractivity contribution >= 4 is 37.6 Å². The third kappa shape index (κ3) is 11.9. The van der Waals surface area contributed by atoms with Crippen molar-refractivity contribution in [3.63, 3.8) is 0 Å². The molecule has 0 radical (unpaired) electrons. The van der Waals surface area contributed by atoms with Crippen LogP contribution in [0.25, 0.3) is 51.4 Å². The van der Waals surface area contributed by atoms with E-state index >= 15 is 0 Å². The quantitative estimate of drug-likeness (QED) is 0.0921. The largest absolute Gasteiger partial charge is 0.529 e. The number of nitrogens with zero attached hydrogens (tertiary/aromatic N) is 6. The Morgan fingerprint density at radius 1 is 0.657 bits per heavy atom. The highest BCUT2D eigenvalue weighted by molar-refractivity contribution is 7.81. The van der Waals surface area contributed by atoms with Crippen LogP contribution in [-0.2, 0) is 44.6 Å². The van der Waals surface area contributed by atoms with Crippen molar-refractivity contribution in [3.05, 3.63) is 112 Å². The number of halogens is 1. The maximum absolute atomic E-state index is 12.4. The smallest absolute Gasteiger partial charge is 0.490 e. The van der Waals surface area contributed by atoms with E-state index in [1.807, 2.05) is 64.1 Å². The van der Waals surface area contributed by atoms with Crippen molar-refractivity contribution < 1.29 is 55.1 Å². The third-order valence-corrected chi connectivity index (χ3v) is 12.9. The maximum Gasteiger partial charge on any atom is 0.529 e. The van der Waals surface area contributed by atoms with Crippen LogP contribution in [0.5, 0.6) is 11.5 Å². The first kappa shape index (κ1) is 50.0. The topological polar surface area (TPSA) is 241 Å². The number of nitriles is 2. The summed E-state index contributed by atoms with van der Waals surface area (Å²) in [6.07, 6.45) is 3.45. The zero-order chi connectivity index (χ0) is 48.5. The van der Waals surface area contributed by atoms with Crippen molar-refractivity contribution in [2.24, 2.45) is 0 Å². The minimum absolute atomic E-state index is 0.0270. The lowest BCUT2D eigenvalue weighted by Gasteiger charge is -2.16. The molecular weight excluding hydrogens is 926 g/mol. The maximum atomic E-state index is 12.4. The summed E-state index contributed by atoms with van der Waals surface area (Å²) in [4.78, 5) is 21.0. The average Bonchev–Trinajstić information content (AvgIpc) is 4.17. The number of phosphoric ester groups is 1. The number of benzene rings is 4. The number of carbonyl (C=O) groups is 1. The molecule has 0 fully saturated rings. The number of hydrogen-bond donors (Lipinski definition) is 0. The van der Waals surface area contributed by atoms with E-state index in [0.29, 0.717) is 76.3 Å². The molecule has 0 saturated carbocycles. The van der Waals surface area contributed by atoms with E-state index in [0.717, 1.165) is 33.4 Å². The molecule has 6 aromatic rings. The molecule has 0 bridgehead atoms. The predicted octanol–water partition coefficient (Wildman–Crippen LogP) is 11.2. The van der Waals surface area contributed by atoms with Gasteiger partial charge in [-0.25, -0.2) is 9.13 Å². The van der Waals surface area contributed by atoms with E-state index in [1.165, 1.54) is 28.4 Å². The highest BCUT2D eigenvalue weighted by Crippen LogP contribution is 2.53. The lowest BCUT2D eigenvalue weighted by molar-refractivity contribution is 0.0994. The second kappa shape index (κ2) is 21.9. The molecular formula is C46H45ClN6O12P2. The minimum Gasteiger partial charge on any atom is -0.490 e. The Kier molecular flexibility index (Phi) is 16.3. The molecule has 0 aliphatic heterocycles. The molecule has 0 atom stereocenters. The molecule has 0 amide bonds. The number of aromatic nitrogens is 4. The average molecular weight is 971 g/mol. The molecule has 21 heteroatoms. The normalized spacial score (nSPS) is 12.8. The number of fused-ring (bicyclic) bond motifs is 2. The third-order valence-electron chi connectivity index (χ3n) is 9.86. The monoisotopic (exact) mass is 970 g/mol.